The van der Waals surface area contributed by atoms with E-state index < -0.39 is 0 Å². The summed E-state index contributed by atoms with van der Waals surface area (Å²) in [4.78, 5) is 12.1. The van der Waals surface area contributed by atoms with E-state index >= 15 is 0 Å². The second-order valence-electron chi connectivity index (χ2n) is 11.3. The van der Waals surface area contributed by atoms with Crippen LogP contribution in [0.15, 0.2) is 35.9 Å². The quantitative estimate of drug-likeness (QED) is 0.492. The zero-order valence-electron chi connectivity index (χ0n) is 19.0. The molecule has 4 saturated carbocycles. The van der Waals surface area contributed by atoms with Crippen LogP contribution in [-0.4, -0.2) is 12.1 Å². The Kier molecular flexibility index (Phi) is 5.11. The summed E-state index contributed by atoms with van der Waals surface area (Å²) in [6.07, 6.45) is 14.4. The molecular formula is C28H38O2. The van der Waals surface area contributed by atoms with Gasteiger partial charge in [0.25, 0.3) is 0 Å². The molecule has 4 aliphatic rings. The van der Waals surface area contributed by atoms with Crippen molar-refractivity contribution in [2.45, 2.75) is 84.7 Å². The Bertz CT molecular complexity index is 826. The monoisotopic (exact) mass is 406 g/mol. The number of carbonyl (C=O) groups is 1. The molecule has 4 fully saturated rings. The Morgan fingerprint density at radius 3 is 2.53 bits per heavy atom. The lowest BCUT2D eigenvalue weighted by atomic mass is 9.45. The van der Waals surface area contributed by atoms with Gasteiger partial charge in [0.1, 0.15) is 6.10 Å². The first kappa shape index (κ1) is 20.3. The largest absolute Gasteiger partial charge is 0.457 e. The molecule has 0 heterocycles. The van der Waals surface area contributed by atoms with Crippen LogP contribution in [0.4, 0.5) is 0 Å². The zero-order valence-corrected chi connectivity index (χ0v) is 19.0. The molecule has 7 atom stereocenters. The second kappa shape index (κ2) is 7.53. The number of carbonyl (C=O) groups excluding carboxylic acids is 1. The minimum absolute atomic E-state index is 0.0574. The highest BCUT2D eigenvalue weighted by molar-refractivity contribution is 5.67. The summed E-state index contributed by atoms with van der Waals surface area (Å²) in [5, 5.41) is 0. The average Bonchev–Trinajstić information content (AvgIpc) is 3.00. The van der Waals surface area contributed by atoms with Gasteiger partial charge in [-0.1, -0.05) is 63.1 Å². The van der Waals surface area contributed by atoms with E-state index in [1.165, 1.54) is 62.5 Å². The predicted molar refractivity (Wildman–Crippen MR) is 122 cm³/mol. The van der Waals surface area contributed by atoms with Gasteiger partial charge < -0.3 is 4.74 Å². The number of rotatable bonds is 2. The molecule has 1 aromatic carbocycles. The molecule has 1 aromatic rings. The van der Waals surface area contributed by atoms with Gasteiger partial charge in [0, 0.05) is 12.3 Å². The number of fused-ring (bicyclic) bond motifs is 5. The van der Waals surface area contributed by atoms with E-state index in [1.54, 1.807) is 6.92 Å². The third-order valence-electron chi connectivity index (χ3n) is 9.85. The molecule has 5 rings (SSSR count). The van der Waals surface area contributed by atoms with Crippen LogP contribution in [0, 0.1) is 34.5 Å². The van der Waals surface area contributed by atoms with E-state index in [0.29, 0.717) is 11.3 Å². The van der Waals surface area contributed by atoms with Crippen LogP contribution in [0.1, 0.15) is 84.1 Å². The number of hydrogen-bond acceptors (Lipinski definition) is 2. The average molecular weight is 407 g/mol. The van der Waals surface area contributed by atoms with Gasteiger partial charge in [0.2, 0.25) is 0 Å². The highest BCUT2D eigenvalue weighted by atomic mass is 16.5. The molecule has 0 spiro atoms. The van der Waals surface area contributed by atoms with E-state index in [0.717, 1.165) is 24.2 Å². The van der Waals surface area contributed by atoms with Crippen molar-refractivity contribution in [1.29, 1.82) is 0 Å². The Morgan fingerprint density at radius 1 is 0.967 bits per heavy atom. The molecule has 0 aliphatic heterocycles. The van der Waals surface area contributed by atoms with Crippen LogP contribution in [0.25, 0.3) is 6.08 Å². The Hall–Kier alpha value is -1.57. The van der Waals surface area contributed by atoms with Crippen molar-refractivity contribution in [2.75, 3.05) is 0 Å². The summed E-state index contributed by atoms with van der Waals surface area (Å²) in [7, 11) is 0. The minimum atomic E-state index is -0.133. The summed E-state index contributed by atoms with van der Waals surface area (Å²) < 4.78 is 6.07. The van der Waals surface area contributed by atoms with Crippen molar-refractivity contribution in [1.82, 2.24) is 0 Å². The fraction of sp³-hybridized carbons (Fsp3) is 0.679. The Balaban J connectivity index is 1.50. The maximum absolute atomic E-state index is 12.1. The molecule has 0 amide bonds. The molecule has 0 unspecified atom stereocenters. The molecule has 162 valence electrons. The molecule has 0 N–H and O–H groups in total. The second-order valence-corrected chi connectivity index (χ2v) is 11.3. The van der Waals surface area contributed by atoms with Crippen LogP contribution in [0.2, 0.25) is 0 Å². The van der Waals surface area contributed by atoms with Gasteiger partial charge in [0.05, 0.1) is 0 Å². The van der Waals surface area contributed by atoms with E-state index in [2.05, 4.69) is 50.3 Å². The first-order valence-corrected chi connectivity index (χ1v) is 12.3. The lowest BCUT2D eigenvalue weighted by Gasteiger charge is -2.60. The smallest absolute Gasteiger partial charge is 0.303 e. The lowest BCUT2D eigenvalue weighted by molar-refractivity contribution is -0.159. The molecule has 2 heteroatoms. The minimum Gasteiger partial charge on any atom is -0.457 e. The fourth-order valence-corrected chi connectivity index (χ4v) is 8.41. The Morgan fingerprint density at radius 2 is 1.77 bits per heavy atom. The van der Waals surface area contributed by atoms with E-state index in [1.807, 2.05) is 0 Å². The molecule has 30 heavy (non-hydrogen) atoms. The Labute approximate surface area is 182 Å². The van der Waals surface area contributed by atoms with E-state index in [9.17, 15) is 4.79 Å². The van der Waals surface area contributed by atoms with Crippen LogP contribution < -0.4 is 0 Å². The summed E-state index contributed by atoms with van der Waals surface area (Å²) in [5.74, 6) is 3.12. The molecule has 0 saturated heterocycles. The topological polar surface area (TPSA) is 26.3 Å². The molecule has 0 bridgehead atoms. The van der Waals surface area contributed by atoms with Crippen molar-refractivity contribution < 1.29 is 9.53 Å². The number of ether oxygens (including phenoxy) is 1. The maximum atomic E-state index is 12.1. The van der Waals surface area contributed by atoms with E-state index in [-0.39, 0.29) is 17.5 Å². The van der Waals surface area contributed by atoms with Crippen LogP contribution >= 0.6 is 0 Å². The van der Waals surface area contributed by atoms with Crippen molar-refractivity contribution in [3.8, 4) is 0 Å². The molecular weight excluding hydrogens is 368 g/mol. The number of hydrogen-bond donors (Lipinski definition) is 0. The van der Waals surface area contributed by atoms with Crippen molar-refractivity contribution in [3.05, 3.63) is 41.5 Å². The maximum Gasteiger partial charge on any atom is 0.303 e. The van der Waals surface area contributed by atoms with Gasteiger partial charge in [-0.3, -0.25) is 4.79 Å². The first-order valence-electron chi connectivity index (χ1n) is 12.3. The van der Waals surface area contributed by atoms with Gasteiger partial charge in [-0.25, -0.2) is 0 Å². The molecule has 0 aromatic heterocycles. The van der Waals surface area contributed by atoms with Gasteiger partial charge >= 0.3 is 5.97 Å². The zero-order chi connectivity index (χ0) is 20.9. The van der Waals surface area contributed by atoms with Crippen LogP contribution in [0.5, 0.6) is 0 Å². The normalized spacial score (nSPS) is 44.1. The standard InChI is InChI=1S/C28H38O2/c1-19(29)30-26-21(17-20-9-5-4-6-10-20)18-25-23-13-12-22-11-7-8-15-27(22,2)24(23)14-16-28(25,26)3/h4-6,9-10,17,22-26H,7-8,11-16,18H2,1-3H3/b21-17+/t22-,23-,24+,25-,26-,27+,28-/m1/s1. The van der Waals surface area contributed by atoms with Gasteiger partial charge in [-0.15, -0.1) is 0 Å². The number of esters is 1. The summed E-state index contributed by atoms with van der Waals surface area (Å²) in [6.45, 7) is 6.65. The number of benzene rings is 1. The highest BCUT2D eigenvalue weighted by Gasteiger charge is 2.61. The first-order chi connectivity index (χ1) is 14.4. The van der Waals surface area contributed by atoms with Gasteiger partial charge in [0.15, 0.2) is 0 Å². The van der Waals surface area contributed by atoms with Gasteiger partial charge in [-0.2, -0.15) is 0 Å². The summed E-state index contributed by atoms with van der Waals surface area (Å²) in [5.41, 5.74) is 3.21. The molecule has 4 aliphatic carbocycles. The lowest BCUT2D eigenvalue weighted by Crippen LogP contribution is -2.53. The third-order valence-corrected chi connectivity index (χ3v) is 9.85. The third kappa shape index (κ3) is 3.17. The predicted octanol–water partition coefficient (Wildman–Crippen LogP) is 7.04. The van der Waals surface area contributed by atoms with E-state index in [4.69, 9.17) is 4.74 Å². The molecule has 0 radical (unpaired) electrons. The van der Waals surface area contributed by atoms with Crippen LogP contribution in [0.3, 0.4) is 0 Å². The van der Waals surface area contributed by atoms with Crippen LogP contribution in [-0.2, 0) is 9.53 Å². The highest BCUT2D eigenvalue weighted by Crippen LogP contribution is 2.67. The van der Waals surface area contributed by atoms with Crippen molar-refractivity contribution in [2.24, 2.45) is 34.5 Å². The molecule has 2 nitrogen and oxygen atoms in total. The summed E-state index contributed by atoms with van der Waals surface area (Å²) >= 11 is 0. The van der Waals surface area contributed by atoms with Crippen molar-refractivity contribution in [3.63, 3.8) is 0 Å². The fourth-order valence-electron chi connectivity index (χ4n) is 8.41. The van der Waals surface area contributed by atoms with Gasteiger partial charge in [-0.05, 0) is 85.2 Å². The SMILES string of the molecule is CC(=O)O[C@@H]1/C(=C/c2ccccc2)C[C@@H]2[C@@H]3CC[C@H]4CCCC[C@]4(C)[C@H]3CC[C@@]12C. The summed E-state index contributed by atoms with van der Waals surface area (Å²) in [6, 6.07) is 10.6. The van der Waals surface area contributed by atoms with Crippen molar-refractivity contribution >= 4 is 12.0 Å².